The Morgan fingerprint density at radius 2 is 2.35 bits per heavy atom. The van der Waals surface area contributed by atoms with Gasteiger partial charge < -0.3 is 4.98 Å². The minimum absolute atomic E-state index is 0.00649. The van der Waals surface area contributed by atoms with Gasteiger partial charge in [0.25, 0.3) is 5.56 Å². The molecule has 1 aliphatic carbocycles. The first-order chi connectivity index (χ1) is 8.25. The molecule has 0 aliphatic heterocycles. The van der Waals surface area contributed by atoms with Crippen LogP contribution < -0.4 is 5.56 Å². The number of aromatic amines is 1. The fraction of sp³-hybridized carbons (Fsp3) is 0.286. The van der Waals surface area contributed by atoms with E-state index in [4.69, 9.17) is 0 Å². The van der Waals surface area contributed by atoms with Crippen molar-refractivity contribution in [3.63, 3.8) is 0 Å². The third-order valence-electron chi connectivity index (χ3n) is 3.47. The van der Waals surface area contributed by atoms with Crippen LogP contribution in [0.15, 0.2) is 35.4 Å². The Balaban J connectivity index is 2.07. The second-order valence-corrected chi connectivity index (χ2v) is 4.58. The van der Waals surface area contributed by atoms with Gasteiger partial charge in [0.15, 0.2) is 0 Å². The van der Waals surface area contributed by atoms with Crippen LogP contribution in [0, 0.1) is 6.92 Å². The number of hydrogen-bond donors (Lipinski definition) is 1. The predicted octanol–water partition coefficient (Wildman–Crippen LogP) is 2.16. The van der Waals surface area contributed by atoms with Gasteiger partial charge in [-0.3, -0.25) is 9.78 Å². The zero-order valence-corrected chi connectivity index (χ0v) is 9.73. The molecule has 2 aromatic rings. The molecule has 3 rings (SSSR count). The largest absolute Gasteiger partial charge is 0.329 e. The third kappa shape index (κ3) is 1.68. The Morgan fingerprint density at radius 3 is 3.18 bits per heavy atom. The van der Waals surface area contributed by atoms with Crippen molar-refractivity contribution in [1.82, 2.24) is 9.97 Å². The van der Waals surface area contributed by atoms with Crippen LogP contribution in [0.5, 0.6) is 0 Å². The number of fused-ring (bicyclic) bond motifs is 1. The van der Waals surface area contributed by atoms with Crippen molar-refractivity contribution in [3.8, 4) is 0 Å². The molecule has 3 nitrogen and oxygen atoms in total. The molecule has 1 N–H and O–H groups in total. The Labute approximate surface area is 99.5 Å². The molecule has 17 heavy (non-hydrogen) atoms. The molecule has 1 unspecified atom stereocenters. The smallest absolute Gasteiger partial charge is 0.250 e. The number of pyridine rings is 2. The highest BCUT2D eigenvalue weighted by Gasteiger charge is 2.25. The molecule has 0 saturated carbocycles. The van der Waals surface area contributed by atoms with Gasteiger partial charge in [-0.05, 0) is 43.0 Å². The molecular weight excluding hydrogens is 212 g/mol. The number of nitrogens with one attached hydrogen (secondary N) is 1. The van der Waals surface area contributed by atoms with E-state index in [0.717, 1.165) is 18.4 Å². The van der Waals surface area contributed by atoms with Gasteiger partial charge in [0, 0.05) is 23.9 Å². The Hall–Kier alpha value is -1.90. The first-order valence-corrected chi connectivity index (χ1v) is 5.89. The highest BCUT2D eigenvalue weighted by molar-refractivity contribution is 5.37. The molecule has 0 spiro atoms. The molecule has 3 heteroatoms. The van der Waals surface area contributed by atoms with Gasteiger partial charge in [-0.25, -0.2) is 0 Å². The van der Waals surface area contributed by atoms with Crippen molar-refractivity contribution in [3.05, 3.63) is 63.3 Å². The summed E-state index contributed by atoms with van der Waals surface area (Å²) < 4.78 is 0. The van der Waals surface area contributed by atoms with E-state index in [2.05, 4.69) is 16.0 Å². The van der Waals surface area contributed by atoms with Crippen LogP contribution in [-0.2, 0) is 6.42 Å². The molecule has 2 aromatic heterocycles. The molecule has 1 aliphatic rings. The van der Waals surface area contributed by atoms with Gasteiger partial charge in [0.05, 0.1) is 5.69 Å². The average molecular weight is 226 g/mol. The van der Waals surface area contributed by atoms with E-state index in [9.17, 15) is 4.79 Å². The lowest BCUT2D eigenvalue weighted by molar-refractivity contribution is 0.765. The Bertz CT molecular complexity index is 616. The SMILES string of the molecule is Cc1cc(C2CCc3cccnc32)c[nH]c1=O. The molecule has 0 aromatic carbocycles. The Kier molecular flexibility index (Phi) is 2.32. The molecule has 0 amide bonds. The number of aryl methyl sites for hydroxylation is 2. The summed E-state index contributed by atoms with van der Waals surface area (Å²) in [7, 11) is 0. The molecule has 0 saturated heterocycles. The number of H-pyrrole nitrogens is 1. The summed E-state index contributed by atoms with van der Waals surface area (Å²) in [5.74, 6) is 0.335. The summed E-state index contributed by atoms with van der Waals surface area (Å²) in [5.41, 5.74) is 4.43. The number of rotatable bonds is 1. The third-order valence-corrected chi connectivity index (χ3v) is 3.47. The summed E-state index contributed by atoms with van der Waals surface area (Å²) in [4.78, 5) is 18.6. The summed E-state index contributed by atoms with van der Waals surface area (Å²) >= 11 is 0. The zero-order chi connectivity index (χ0) is 11.8. The van der Waals surface area contributed by atoms with Gasteiger partial charge in [0.1, 0.15) is 0 Å². The Morgan fingerprint density at radius 1 is 1.47 bits per heavy atom. The lowest BCUT2D eigenvalue weighted by Crippen LogP contribution is -2.11. The van der Waals surface area contributed by atoms with Crippen LogP contribution in [0.3, 0.4) is 0 Å². The quantitative estimate of drug-likeness (QED) is 0.809. The highest BCUT2D eigenvalue weighted by Crippen LogP contribution is 2.35. The van der Waals surface area contributed by atoms with E-state index in [-0.39, 0.29) is 5.56 Å². The fourth-order valence-corrected chi connectivity index (χ4v) is 2.56. The van der Waals surface area contributed by atoms with Crippen LogP contribution in [0.2, 0.25) is 0 Å². The summed E-state index contributed by atoms with van der Waals surface area (Å²) in [5, 5.41) is 0. The minimum atomic E-state index is -0.00649. The molecule has 2 heterocycles. The van der Waals surface area contributed by atoms with E-state index in [0.29, 0.717) is 5.92 Å². The van der Waals surface area contributed by atoms with E-state index in [1.165, 1.54) is 16.8 Å². The van der Waals surface area contributed by atoms with Crippen molar-refractivity contribution < 1.29 is 0 Å². The molecule has 86 valence electrons. The van der Waals surface area contributed by atoms with Gasteiger partial charge in [0.2, 0.25) is 0 Å². The lowest BCUT2D eigenvalue weighted by Gasteiger charge is -2.11. The maximum atomic E-state index is 11.4. The van der Waals surface area contributed by atoms with E-state index >= 15 is 0 Å². The lowest BCUT2D eigenvalue weighted by atomic mass is 9.97. The van der Waals surface area contributed by atoms with Crippen molar-refractivity contribution in [2.75, 3.05) is 0 Å². The second-order valence-electron chi connectivity index (χ2n) is 4.58. The van der Waals surface area contributed by atoms with Crippen molar-refractivity contribution in [2.45, 2.75) is 25.7 Å². The minimum Gasteiger partial charge on any atom is -0.329 e. The molecule has 0 bridgehead atoms. The van der Waals surface area contributed by atoms with E-state index in [1.54, 1.807) is 0 Å². The van der Waals surface area contributed by atoms with Crippen molar-refractivity contribution in [1.29, 1.82) is 0 Å². The standard InChI is InChI=1S/C14H14N2O/c1-9-7-11(8-16-14(9)17)12-5-4-10-3-2-6-15-13(10)12/h2-3,6-8,12H,4-5H2,1H3,(H,16,17). The van der Waals surface area contributed by atoms with Crippen LogP contribution >= 0.6 is 0 Å². The maximum Gasteiger partial charge on any atom is 0.250 e. The fourth-order valence-electron chi connectivity index (χ4n) is 2.56. The maximum absolute atomic E-state index is 11.4. The second kappa shape index (κ2) is 3.84. The first-order valence-electron chi connectivity index (χ1n) is 5.89. The normalized spacial score (nSPS) is 18.1. The van der Waals surface area contributed by atoms with Crippen LogP contribution in [0.4, 0.5) is 0 Å². The van der Waals surface area contributed by atoms with Gasteiger partial charge in [-0.15, -0.1) is 0 Å². The average Bonchev–Trinajstić information content (AvgIpc) is 2.76. The van der Waals surface area contributed by atoms with Gasteiger partial charge in [-0.2, -0.15) is 0 Å². The van der Waals surface area contributed by atoms with Crippen LogP contribution in [0.25, 0.3) is 0 Å². The van der Waals surface area contributed by atoms with Gasteiger partial charge in [-0.1, -0.05) is 6.07 Å². The number of hydrogen-bond acceptors (Lipinski definition) is 2. The molecule has 0 radical (unpaired) electrons. The van der Waals surface area contributed by atoms with E-state index < -0.39 is 0 Å². The van der Waals surface area contributed by atoms with Gasteiger partial charge >= 0.3 is 0 Å². The number of nitrogens with zero attached hydrogens (tertiary/aromatic N) is 1. The summed E-state index contributed by atoms with van der Waals surface area (Å²) in [6, 6.07) is 6.10. The van der Waals surface area contributed by atoms with Crippen LogP contribution in [0.1, 0.15) is 34.7 Å². The summed E-state index contributed by atoms with van der Waals surface area (Å²) in [6.45, 7) is 1.84. The molecular formula is C14H14N2O. The highest BCUT2D eigenvalue weighted by atomic mass is 16.1. The van der Waals surface area contributed by atoms with E-state index in [1.807, 2.05) is 31.5 Å². The first kappa shape index (κ1) is 10.3. The predicted molar refractivity (Wildman–Crippen MR) is 66.2 cm³/mol. The van der Waals surface area contributed by atoms with Crippen molar-refractivity contribution >= 4 is 0 Å². The topological polar surface area (TPSA) is 45.8 Å². The number of aromatic nitrogens is 2. The summed E-state index contributed by atoms with van der Waals surface area (Å²) in [6.07, 6.45) is 5.82. The molecule has 0 fully saturated rings. The van der Waals surface area contributed by atoms with Crippen LogP contribution in [-0.4, -0.2) is 9.97 Å². The molecule has 1 atom stereocenters. The van der Waals surface area contributed by atoms with Crippen molar-refractivity contribution in [2.24, 2.45) is 0 Å². The monoisotopic (exact) mass is 226 g/mol. The zero-order valence-electron chi connectivity index (χ0n) is 9.73.